The normalized spacial score (nSPS) is 10.2. The fraction of sp³-hybridized carbons (Fsp3) is 0.231. The molecule has 0 aliphatic heterocycles. The summed E-state index contributed by atoms with van der Waals surface area (Å²) in [6.45, 7) is 3.95. The summed E-state index contributed by atoms with van der Waals surface area (Å²) in [4.78, 5) is 12.8. The smallest absolute Gasteiger partial charge is 0.248 e. The third-order valence-corrected chi connectivity index (χ3v) is 2.70. The molecule has 0 saturated heterocycles. The molecule has 0 amide bonds. The molecule has 2 N–H and O–H groups in total. The second-order valence-electron chi connectivity index (χ2n) is 3.93. The summed E-state index contributed by atoms with van der Waals surface area (Å²) < 4.78 is 5.74. The Morgan fingerprint density at radius 2 is 2.05 bits per heavy atom. The number of hydrogen-bond acceptors (Lipinski definition) is 5. The van der Waals surface area contributed by atoms with Crippen LogP contribution in [0.2, 0.25) is 0 Å². The van der Waals surface area contributed by atoms with E-state index in [-0.39, 0.29) is 4.99 Å². The van der Waals surface area contributed by atoms with Crippen LogP contribution in [0.5, 0.6) is 11.6 Å². The lowest BCUT2D eigenvalue weighted by Crippen LogP contribution is -2.13. The highest BCUT2D eigenvalue weighted by Gasteiger charge is 2.12. The quantitative estimate of drug-likeness (QED) is 0.861. The maximum atomic E-state index is 5.74. The molecule has 0 aliphatic carbocycles. The van der Waals surface area contributed by atoms with E-state index in [4.69, 9.17) is 22.7 Å². The molecule has 0 aromatic carbocycles. The molecular formula is C13H14N4OS. The van der Waals surface area contributed by atoms with E-state index in [9.17, 15) is 0 Å². The molecule has 2 heterocycles. The number of rotatable bonds is 4. The first kappa shape index (κ1) is 13.4. The summed E-state index contributed by atoms with van der Waals surface area (Å²) in [6.07, 6.45) is 3.82. The molecule has 2 aromatic rings. The maximum Gasteiger partial charge on any atom is 0.248 e. The zero-order valence-electron chi connectivity index (χ0n) is 10.8. The number of nitrogens with zero attached hydrogens (tertiary/aromatic N) is 3. The van der Waals surface area contributed by atoms with Crippen LogP contribution < -0.4 is 10.5 Å². The van der Waals surface area contributed by atoms with Gasteiger partial charge >= 0.3 is 0 Å². The van der Waals surface area contributed by atoms with Gasteiger partial charge in [0.25, 0.3) is 0 Å². The summed E-state index contributed by atoms with van der Waals surface area (Å²) in [5.74, 6) is 0.946. The molecular weight excluding hydrogens is 260 g/mol. The molecule has 98 valence electrons. The van der Waals surface area contributed by atoms with Gasteiger partial charge < -0.3 is 10.5 Å². The first-order valence-electron chi connectivity index (χ1n) is 5.87. The van der Waals surface area contributed by atoms with E-state index in [0.29, 0.717) is 17.3 Å². The van der Waals surface area contributed by atoms with Gasteiger partial charge in [-0.15, -0.1) is 0 Å². The zero-order chi connectivity index (χ0) is 13.8. The van der Waals surface area contributed by atoms with Gasteiger partial charge in [-0.2, -0.15) is 0 Å². The Morgan fingerprint density at radius 1 is 1.32 bits per heavy atom. The van der Waals surface area contributed by atoms with Crippen LogP contribution in [-0.4, -0.2) is 19.9 Å². The summed E-state index contributed by atoms with van der Waals surface area (Å²) in [7, 11) is 0. The summed E-state index contributed by atoms with van der Waals surface area (Å²) in [6, 6.07) is 3.74. The standard InChI is InChI=1S/C13H14N4OS/c1-3-9-10(5-4-8(2)17-9)18-13-11(12(14)19)15-6-7-16-13/h4-7H,3H2,1-2H3,(H2,14,19). The minimum absolute atomic E-state index is 0.154. The molecule has 0 unspecified atom stereocenters. The molecule has 2 aromatic heterocycles. The van der Waals surface area contributed by atoms with Gasteiger partial charge in [-0.05, 0) is 25.5 Å². The summed E-state index contributed by atoms with van der Waals surface area (Å²) >= 11 is 4.93. The predicted octanol–water partition coefficient (Wildman–Crippen LogP) is 2.17. The van der Waals surface area contributed by atoms with Crippen molar-refractivity contribution in [2.75, 3.05) is 0 Å². The highest BCUT2D eigenvalue weighted by Crippen LogP contribution is 2.25. The fourth-order valence-electron chi connectivity index (χ4n) is 1.62. The van der Waals surface area contributed by atoms with Crippen LogP contribution in [-0.2, 0) is 6.42 Å². The van der Waals surface area contributed by atoms with Crippen LogP contribution in [0.15, 0.2) is 24.5 Å². The zero-order valence-corrected chi connectivity index (χ0v) is 11.6. The van der Waals surface area contributed by atoms with Gasteiger partial charge in [0.2, 0.25) is 5.88 Å². The van der Waals surface area contributed by atoms with Gasteiger partial charge in [0.15, 0.2) is 11.4 Å². The van der Waals surface area contributed by atoms with Gasteiger partial charge in [-0.1, -0.05) is 19.1 Å². The van der Waals surface area contributed by atoms with Crippen molar-refractivity contribution < 1.29 is 4.74 Å². The van der Waals surface area contributed by atoms with Crippen LogP contribution in [0.4, 0.5) is 0 Å². The van der Waals surface area contributed by atoms with Crippen molar-refractivity contribution in [3.8, 4) is 11.6 Å². The summed E-state index contributed by atoms with van der Waals surface area (Å²) in [5, 5.41) is 0. The highest BCUT2D eigenvalue weighted by molar-refractivity contribution is 7.80. The lowest BCUT2D eigenvalue weighted by Gasteiger charge is -2.11. The molecule has 0 spiro atoms. The average molecular weight is 274 g/mol. The Bertz CT molecular complexity index is 615. The Labute approximate surface area is 116 Å². The van der Waals surface area contributed by atoms with E-state index in [1.165, 1.54) is 12.4 Å². The lowest BCUT2D eigenvalue weighted by molar-refractivity contribution is 0.450. The fourth-order valence-corrected chi connectivity index (χ4v) is 1.76. The molecule has 19 heavy (non-hydrogen) atoms. The first-order valence-corrected chi connectivity index (χ1v) is 6.27. The number of aryl methyl sites for hydroxylation is 2. The topological polar surface area (TPSA) is 73.9 Å². The Morgan fingerprint density at radius 3 is 2.74 bits per heavy atom. The van der Waals surface area contributed by atoms with Crippen molar-refractivity contribution in [2.24, 2.45) is 5.73 Å². The molecule has 0 bridgehead atoms. The van der Waals surface area contributed by atoms with Gasteiger partial charge in [0.1, 0.15) is 4.99 Å². The van der Waals surface area contributed by atoms with Crippen LogP contribution in [0.25, 0.3) is 0 Å². The van der Waals surface area contributed by atoms with E-state index in [0.717, 1.165) is 17.8 Å². The van der Waals surface area contributed by atoms with Crippen molar-refractivity contribution in [1.82, 2.24) is 15.0 Å². The van der Waals surface area contributed by atoms with Crippen LogP contribution in [0.3, 0.4) is 0 Å². The third-order valence-electron chi connectivity index (χ3n) is 2.51. The number of hydrogen-bond donors (Lipinski definition) is 1. The minimum atomic E-state index is 0.154. The van der Waals surface area contributed by atoms with Crippen LogP contribution in [0.1, 0.15) is 24.0 Å². The SMILES string of the molecule is CCc1nc(C)ccc1Oc1nccnc1C(N)=S. The van der Waals surface area contributed by atoms with E-state index in [1.807, 2.05) is 26.0 Å². The van der Waals surface area contributed by atoms with Crippen molar-refractivity contribution >= 4 is 17.2 Å². The number of aromatic nitrogens is 3. The molecule has 0 saturated carbocycles. The van der Waals surface area contributed by atoms with E-state index in [1.54, 1.807) is 0 Å². The minimum Gasteiger partial charge on any atom is -0.435 e. The predicted molar refractivity (Wildman–Crippen MR) is 76.3 cm³/mol. The Balaban J connectivity index is 2.39. The first-order chi connectivity index (χ1) is 9.11. The Kier molecular flexibility index (Phi) is 4.01. The van der Waals surface area contributed by atoms with Crippen molar-refractivity contribution in [3.63, 3.8) is 0 Å². The van der Waals surface area contributed by atoms with E-state index < -0.39 is 0 Å². The van der Waals surface area contributed by atoms with Gasteiger partial charge in [-0.3, -0.25) is 4.98 Å². The average Bonchev–Trinajstić information content (AvgIpc) is 2.41. The second kappa shape index (κ2) is 5.71. The number of thiocarbonyl (C=S) groups is 1. The summed E-state index contributed by atoms with van der Waals surface area (Å²) in [5.41, 5.74) is 7.77. The molecule has 0 aliphatic rings. The van der Waals surface area contributed by atoms with Crippen LogP contribution >= 0.6 is 12.2 Å². The highest BCUT2D eigenvalue weighted by atomic mass is 32.1. The number of ether oxygens (including phenoxy) is 1. The molecule has 2 rings (SSSR count). The molecule has 0 atom stereocenters. The largest absolute Gasteiger partial charge is 0.435 e. The Hall–Kier alpha value is -2.08. The third kappa shape index (κ3) is 3.03. The maximum absolute atomic E-state index is 5.74. The van der Waals surface area contributed by atoms with E-state index in [2.05, 4.69) is 15.0 Å². The lowest BCUT2D eigenvalue weighted by atomic mass is 10.2. The van der Waals surface area contributed by atoms with Gasteiger partial charge in [0.05, 0.1) is 5.69 Å². The monoisotopic (exact) mass is 274 g/mol. The van der Waals surface area contributed by atoms with Gasteiger partial charge in [0, 0.05) is 18.1 Å². The molecule has 0 fully saturated rings. The van der Waals surface area contributed by atoms with Crippen LogP contribution in [0, 0.1) is 6.92 Å². The number of nitrogens with two attached hydrogens (primary N) is 1. The molecule has 6 heteroatoms. The number of pyridine rings is 1. The van der Waals surface area contributed by atoms with Gasteiger partial charge in [-0.25, -0.2) is 9.97 Å². The second-order valence-corrected chi connectivity index (χ2v) is 4.37. The van der Waals surface area contributed by atoms with Crippen molar-refractivity contribution in [1.29, 1.82) is 0 Å². The molecule has 5 nitrogen and oxygen atoms in total. The van der Waals surface area contributed by atoms with Crippen molar-refractivity contribution in [2.45, 2.75) is 20.3 Å². The molecule has 0 radical (unpaired) electrons. The van der Waals surface area contributed by atoms with E-state index >= 15 is 0 Å². The van der Waals surface area contributed by atoms with Crippen molar-refractivity contribution in [3.05, 3.63) is 41.6 Å².